The lowest BCUT2D eigenvalue weighted by molar-refractivity contribution is -0.0494. The van der Waals surface area contributed by atoms with Crippen LogP contribution >= 0.6 is 9.39 Å². The molecule has 1 rings (SSSR count). The largest absolute Gasteiger partial charge is 0.373 e. The fraction of sp³-hybridized carbons (Fsp3) is 1.00. The maximum Gasteiger partial charge on any atom is 0.139 e. The van der Waals surface area contributed by atoms with Crippen LogP contribution in [0, 0.1) is 0 Å². The molecule has 0 aromatic heterocycles. The molecule has 0 aromatic rings. The molecule has 3 nitrogen and oxygen atoms in total. The fourth-order valence-corrected chi connectivity index (χ4v) is 1.29. The van der Waals surface area contributed by atoms with Gasteiger partial charge >= 0.3 is 0 Å². The zero-order chi connectivity index (χ0) is 5.49. The van der Waals surface area contributed by atoms with Crippen molar-refractivity contribution in [2.75, 3.05) is 13.1 Å². The van der Waals surface area contributed by atoms with Crippen molar-refractivity contribution < 1.29 is 5.11 Å². The van der Waals surface area contributed by atoms with Crippen LogP contribution in [0.3, 0.4) is 0 Å². The van der Waals surface area contributed by atoms with Crippen molar-refractivity contribution in [1.82, 2.24) is 4.67 Å². The SMILES string of the molecule is NC1(O)CN(P)C1. The molecule has 4 heteroatoms. The number of aliphatic hydroxyl groups is 1. The predicted molar refractivity (Wildman–Crippen MR) is 30.4 cm³/mol. The molecule has 1 heterocycles. The van der Waals surface area contributed by atoms with E-state index in [4.69, 9.17) is 10.8 Å². The van der Waals surface area contributed by atoms with E-state index in [2.05, 4.69) is 9.39 Å². The second kappa shape index (κ2) is 1.39. The first kappa shape index (κ1) is 5.45. The minimum Gasteiger partial charge on any atom is -0.373 e. The van der Waals surface area contributed by atoms with Gasteiger partial charge in [-0.2, -0.15) is 0 Å². The van der Waals surface area contributed by atoms with Gasteiger partial charge in [-0.25, -0.2) is 0 Å². The number of rotatable bonds is 0. The van der Waals surface area contributed by atoms with Gasteiger partial charge in [0.2, 0.25) is 0 Å². The van der Waals surface area contributed by atoms with Crippen LogP contribution in [0.5, 0.6) is 0 Å². The van der Waals surface area contributed by atoms with E-state index in [1.54, 1.807) is 0 Å². The maximum absolute atomic E-state index is 8.81. The number of nitrogens with two attached hydrogens (primary N) is 1. The van der Waals surface area contributed by atoms with E-state index >= 15 is 0 Å². The molecular weight excluding hydrogens is 111 g/mol. The van der Waals surface area contributed by atoms with Gasteiger partial charge in [0.05, 0.1) is 0 Å². The molecule has 0 amide bonds. The number of nitrogens with zero attached hydrogens (tertiary/aromatic N) is 1. The molecular formula is C3H9N2OP. The Morgan fingerprint density at radius 3 is 2.14 bits per heavy atom. The minimum atomic E-state index is -0.901. The van der Waals surface area contributed by atoms with Crippen LogP contribution in [0.15, 0.2) is 0 Å². The summed E-state index contributed by atoms with van der Waals surface area (Å²) in [5, 5.41) is 8.81. The molecule has 3 N–H and O–H groups in total. The van der Waals surface area contributed by atoms with Gasteiger partial charge in [0.25, 0.3) is 0 Å². The summed E-state index contributed by atoms with van der Waals surface area (Å²) in [6.45, 7) is 1.13. The molecule has 1 atom stereocenters. The lowest BCUT2D eigenvalue weighted by Gasteiger charge is -2.40. The average molecular weight is 120 g/mol. The van der Waals surface area contributed by atoms with Crippen molar-refractivity contribution in [3.05, 3.63) is 0 Å². The van der Waals surface area contributed by atoms with Crippen molar-refractivity contribution in [3.63, 3.8) is 0 Å². The smallest absolute Gasteiger partial charge is 0.139 e. The third-order valence-electron chi connectivity index (χ3n) is 0.954. The predicted octanol–water partition coefficient (Wildman–Crippen LogP) is -1.26. The first-order valence-electron chi connectivity index (χ1n) is 2.11. The van der Waals surface area contributed by atoms with Crippen LogP contribution in [0.25, 0.3) is 0 Å². The van der Waals surface area contributed by atoms with Crippen molar-refractivity contribution in [2.24, 2.45) is 5.73 Å². The lowest BCUT2D eigenvalue weighted by Crippen LogP contribution is -2.63. The summed E-state index contributed by atoms with van der Waals surface area (Å²) < 4.78 is 1.88. The summed E-state index contributed by atoms with van der Waals surface area (Å²) in [5.41, 5.74) is 4.31. The van der Waals surface area contributed by atoms with Crippen LogP contribution in [0.4, 0.5) is 0 Å². The highest BCUT2D eigenvalue weighted by atomic mass is 31.0. The van der Waals surface area contributed by atoms with E-state index in [0.29, 0.717) is 13.1 Å². The summed E-state index contributed by atoms with van der Waals surface area (Å²) in [7, 11) is 2.46. The average Bonchev–Trinajstić information content (AvgIpc) is 1.27. The van der Waals surface area contributed by atoms with E-state index < -0.39 is 5.72 Å². The van der Waals surface area contributed by atoms with Crippen molar-refractivity contribution in [1.29, 1.82) is 0 Å². The third-order valence-corrected chi connectivity index (χ3v) is 1.32. The fourth-order valence-electron chi connectivity index (χ4n) is 0.657. The summed E-state index contributed by atoms with van der Waals surface area (Å²) in [5.74, 6) is 0. The lowest BCUT2D eigenvalue weighted by atomic mass is 10.1. The number of hydrogen-bond acceptors (Lipinski definition) is 3. The second-order valence-corrected chi connectivity index (χ2v) is 2.74. The highest BCUT2D eigenvalue weighted by molar-refractivity contribution is 7.13. The molecule has 0 aromatic carbocycles. The number of β-amino-alcohol motifs (C(OH)–C–C–N with tert-alkyl or cyclic N) is 1. The van der Waals surface area contributed by atoms with Gasteiger partial charge in [-0.1, -0.05) is 9.39 Å². The van der Waals surface area contributed by atoms with Crippen LogP contribution in [-0.4, -0.2) is 28.6 Å². The van der Waals surface area contributed by atoms with Crippen molar-refractivity contribution in [2.45, 2.75) is 5.72 Å². The van der Waals surface area contributed by atoms with Gasteiger partial charge in [0, 0.05) is 13.1 Å². The van der Waals surface area contributed by atoms with E-state index in [-0.39, 0.29) is 0 Å². The van der Waals surface area contributed by atoms with Crippen LogP contribution in [0.2, 0.25) is 0 Å². The molecule has 1 unspecified atom stereocenters. The molecule has 0 spiro atoms. The standard InChI is InChI=1S/C3H9N2OP/c4-3(6)1-5(7)2-3/h6H,1-2,4,7H2. The van der Waals surface area contributed by atoms with Gasteiger partial charge in [-0.05, 0) is 0 Å². The molecule has 0 radical (unpaired) electrons. The van der Waals surface area contributed by atoms with Crippen molar-refractivity contribution >= 4 is 9.39 Å². The molecule has 0 saturated carbocycles. The Morgan fingerprint density at radius 2 is 2.14 bits per heavy atom. The summed E-state index contributed by atoms with van der Waals surface area (Å²) in [6, 6.07) is 0. The van der Waals surface area contributed by atoms with Gasteiger partial charge in [-0.3, -0.25) is 4.67 Å². The Hall–Kier alpha value is 0.310. The van der Waals surface area contributed by atoms with E-state index in [1.807, 2.05) is 4.67 Å². The molecule has 0 bridgehead atoms. The van der Waals surface area contributed by atoms with E-state index in [9.17, 15) is 0 Å². The molecule has 42 valence electrons. The Balaban J connectivity index is 2.29. The second-order valence-electron chi connectivity index (χ2n) is 2.01. The zero-order valence-corrected chi connectivity index (χ0v) is 5.12. The van der Waals surface area contributed by atoms with E-state index in [0.717, 1.165) is 0 Å². The molecule has 0 aliphatic carbocycles. The number of hydrogen-bond donors (Lipinski definition) is 2. The zero-order valence-electron chi connectivity index (χ0n) is 3.96. The molecule has 1 aliphatic heterocycles. The third kappa shape index (κ3) is 1.10. The first-order chi connectivity index (χ1) is 3.10. The topological polar surface area (TPSA) is 49.5 Å². The quantitative estimate of drug-likeness (QED) is 0.310. The first-order valence-corrected chi connectivity index (χ1v) is 2.63. The minimum absolute atomic E-state index is 0.567. The Labute approximate surface area is 44.7 Å². The van der Waals surface area contributed by atoms with Crippen LogP contribution in [-0.2, 0) is 0 Å². The normalized spacial score (nSPS) is 29.6. The van der Waals surface area contributed by atoms with Gasteiger partial charge in [-0.15, -0.1) is 0 Å². The van der Waals surface area contributed by atoms with Crippen molar-refractivity contribution in [3.8, 4) is 0 Å². The van der Waals surface area contributed by atoms with E-state index in [1.165, 1.54) is 0 Å². The Bertz CT molecular complexity index is 77.0. The molecule has 1 saturated heterocycles. The highest BCUT2D eigenvalue weighted by Crippen LogP contribution is 2.17. The van der Waals surface area contributed by atoms with Gasteiger partial charge in [0.1, 0.15) is 5.72 Å². The van der Waals surface area contributed by atoms with Gasteiger partial charge in [0.15, 0.2) is 0 Å². The summed E-state index contributed by atoms with van der Waals surface area (Å²) in [6.07, 6.45) is 0. The van der Waals surface area contributed by atoms with Gasteiger partial charge < -0.3 is 10.8 Å². The van der Waals surface area contributed by atoms with Crippen LogP contribution in [0.1, 0.15) is 0 Å². The highest BCUT2D eigenvalue weighted by Gasteiger charge is 2.34. The Kier molecular flexibility index (Phi) is 1.08. The Morgan fingerprint density at radius 1 is 1.71 bits per heavy atom. The molecule has 1 fully saturated rings. The molecule has 1 aliphatic rings. The monoisotopic (exact) mass is 120 g/mol. The van der Waals surface area contributed by atoms with Crippen LogP contribution < -0.4 is 5.73 Å². The summed E-state index contributed by atoms with van der Waals surface area (Å²) in [4.78, 5) is 0. The maximum atomic E-state index is 8.81. The summed E-state index contributed by atoms with van der Waals surface area (Å²) >= 11 is 0. The molecule has 7 heavy (non-hydrogen) atoms.